The van der Waals surface area contributed by atoms with Gasteiger partial charge in [-0.3, -0.25) is 9.36 Å². The molecule has 0 saturated heterocycles. The molecule has 5 heteroatoms. The molecule has 0 radical (unpaired) electrons. The molecule has 1 aliphatic carbocycles. The van der Waals surface area contributed by atoms with Gasteiger partial charge in [0.1, 0.15) is 5.82 Å². The van der Waals surface area contributed by atoms with Crippen molar-refractivity contribution >= 4 is 11.8 Å². The maximum atomic E-state index is 12.3. The first kappa shape index (κ1) is 17.6. The number of allylic oxidation sites excluding steroid dienone is 2. The smallest absolute Gasteiger partial charge is 0.276 e. The van der Waals surface area contributed by atoms with Crippen LogP contribution in [0.1, 0.15) is 32.4 Å². The highest BCUT2D eigenvalue weighted by atomic mass is 16.1. The van der Waals surface area contributed by atoms with Crippen molar-refractivity contribution < 1.29 is 0 Å². The second-order valence-electron chi connectivity index (χ2n) is 7.68. The predicted molar refractivity (Wildman–Crippen MR) is 110 cm³/mol. The van der Waals surface area contributed by atoms with Gasteiger partial charge in [0.15, 0.2) is 0 Å². The van der Waals surface area contributed by atoms with E-state index in [0.29, 0.717) is 11.9 Å². The zero-order valence-corrected chi connectivity index (χ0v) is 16.3. The molecule has 3 unspecified atom stereocenters. The summed E-state index contributed by atoms with van der Waals surface area (Å²) in [6.45, 7) is 7.28. The number of rotatable bonds is 3. The number of hydrogen-bond acceptors (Lipinski definition) is 4. The first-order valence-corrected chi connectivity index (χ1v) is 9.47. The van der Waals surface area contributed by atoms with Crippen LogP contribution in [-0.2, 0) is 0 Å². The highest BCUT2D eigenvalue weighted by Crippen LogP contribution is 2.35. The van der Waals surface area contributed by atoms with Crippen LogP contribution < -0.4 is 15.8 Å². The highest BCUT2D eigenvalue weighted by Gasteiger charge is 2.31. The van der Waals surface area contributed by atoms with E-state index in [2.05, 4.69) is 77.0 Å². The molecule has 1 N–H and O–H groups in total. The second kappa shape index (κ2) is 6.72. The van der Waals surface area contributed by atoms with E-state index in [1.165, 1.54) is 16.7 Å². The van der Waals surface area contributed by atoms with Gasteiger partial charge in [0, 0.05) is 19.7 Å². The molecular formula is C22H26N4O. The summed E-state index contributed by atoms with van der Waals surface area (Å²) in [5.41, 5.74) is 3.59. The van der Waals surface area contributed by atoms with E-state index in [1.54, 1.807) is 6.07 Å². The number of nitrogens with zero attached hydrogens (tertiary/aromatic N) is 3. The molecule has 0 fully saturated rings. The van der Waals surface area contributed by atoms with E-state index in [1.807, 2.05) is 13.1 Å². The predicted octanol–water partition coefficient (Wildman–Crippen LogP) is 3.61. The Balaban J connectivity index is 1.77. The van der Waals surface area contributed by atoms with Crippen LogP contribution in [0.3, 0.4) is 0 Å². The lowest BCUT2D eigenvalue weighted by Crippen LogP contribution is -2.31. The zero-order chi connectivity index (χ0) is 19.1. The van der Waals surface area contributed by atoms with Crippen LogP contribution >= 0.6 is 0 Å². The second-order valence-corrected chi connectivity index (χ2v) is 7.68. The molecule has 0 bridgehead atoms. The minimum Gasteiger partial charge on any atom is -0.358 e. The quantitative estimate of drug-likeness (QED) is 0.906. The summed E-state index contributed by atoms with van der Waals surface area (Å²) >= 11 is 0. The molecule has 5 nitrogen and oxygen atoms in total. The van der Waals surface area contributed by atoms with Crippen LogP contribution in [0, 0.1) is 5.92 Å². The lowest BCUT2D eigenvalue weighted by Gasteiger charge is -2.28. The number of benzene rings is 1. The molecule has 140 valence electrons. The Morgan fingerprint density at radius 1 is 1.11 bits per heavy atom. The average molecular weight is 362 g/mol. The van der Waals surface area contributed by atoms with E-state index in [0.717, 1.165) is 12.4 Å². The molecular weight excluding hydrogens is 336 g/mol. The number of hydrogen-bond donors (Lipinski definition) is 1. The lowest BCUT2D eigenvalue weighted by atomic mass is 9.89. The van der Waals surface area contributed by atoms with Crippen molar-refractivity contribution in [3.8, 4) is 0 Å². The Kier molecular flexibility index (Phi) is 4.38. The van der Waals surface area contributed by atoms with Crippen LogP contribution in [-0.4, -0.2) is 29.2 Å². The van der Waals surface area contributed by atoms with Crippen LogP contribution in [0.2, 0.25) is 0 Å². The maximum Gasteiger partial charge on any atom is 0.276 e. The van der Waals surface area contributed by atoms with Crippen molar-refractivity contribution in [2.24, 2.45) is 5.92 Å². The van der Waals surface area contributed by atoms with Gasteiger partial charge in [-0.1, -0.05) is 60.6 Å². The summed E-state index contributed by atoms with van der Waals surface area (Å²) < 4.78 is 2.16. The van der Waals surface area contributed by atoms with Gasteiger partial charge in [0.25, 0.3) is 5.56 Å². The summed E-state index contributed by atoms with van der Waals surface area (Å²) in [6, 6.07) is 12.3. The number of fused-ring (bicyclic) bond motifs is 1. The van der Waals surface area contributed by atoms with Crippen molar-refractivity contribution in [3.05, 3.63) is 75.6 Å². The van der Waals surface area contributed by atoms with Crippen molar-refractivity contribution in [3.63, 3.8) is 0 Å². The first-order valence-electron chi connectivity index (χ1n) is 9.47. The molecule has 3 atom stereocenters. The minimum atomic E-state index is -0.208. The topological polar surface area (TPSA) is 50.2 Å². The van der Waals surface area contributed by atoms with Crippen molar-refractivity contribution in [2.75, 3.05) is 23.8 Å². The SMILES string of the molecule is CC1=CC(C)C(Nc2nc(=O)cc3n2C(c2ccccc2)CN3C)C=C1C. The van der Waals surface area contributed by atoms with E-state index >= 15 is 0 Å². The number of likely N-dealkylation sites (N-methyl/N-ethyl adjacent to an activating group) is 1. The Morgan fingerprint density at radius 3 is 2.56 bits per heavy atom. The normalized spacial score (nSPS) is 24.3. The Morgan fingerprint density at radius 2 is 1.81 bits per heavy atom. The largest absolute Gasteiger partial charge is 0.358 e. The molecule has 1 aliphatic heterocycles. The molecule has 2 heterocycles. The molecule has 0 amide bonds. The summed E-state index contributed by atoms with van der Waals surface area (Å²) in [7, 11) is 2.03. The van der Waals surface area contributed by atoms with Gasteiger partial charge in [0.2, 0.25) is 5.95 Å². The molecule has 2 aromatic rings. The maximum absolute atomic E-state index is 12.3. The average Bonchev–Trinajstić information content (AvgIpc) is 2.97. The fraction of sp³-hybridized carbons (Fsp3) is 0.364. The molecule has 27 heavy (non-hydrogen) atoms. The standard InChI is InChI=1S/C22H26N4O/c1-14-10-16(3)18(11-15(14)2)23-22-24-20(27)12-21-25(4)13-19(26(21)22)17-8-6-5-7-9-17/h5-12,16,18-19H,13H2,1-4H3,(H,23,24,27). The van der Waals surface area contributed by atoms with Crippen molar-refractivity contribution in [2.45, 2.75) is 32.9 Å². The fourth-order valence-electron chi connectivity index (χ4n) is 4.05. The van der Waals surface area contributed by atoms with Crippen LogP contribution in [0.25, 0.3) is 0 Å². The Labute approximate surface area is 160 Å². The van der Waals surface area contributed by atoms with Gasteiger partial charge in [-0.15, -0.1) is 0 Å². The van der Waals surface area contributed by atoms with Gasteiger partial charge < -0.3 is 10.2 Å². The third-order valence-corrected chi connectivity index (χ3v) is 5.70. The van der Waals surface area contributed by atoms with Crippen LogP contribution in [0.15, 0.2) is 64.5 Å². The molecule has 1 aromatic carbocycles. The van der Waals surface area contributed by atoms with Crippen LogP contribution in [0.4, 0.5) is 11.8 Å². The first-order chi connectivity index (χ1) is 12.9. The van der Waals surface area contributed by atoms with Gasteiger partial charge in [-0.2, -0.15) is 4.98 Å². The van der Waals surface area contributed by atoms with Gasteiger partial charge in [-0.25, -0.2) is 0 Å². The molecule has 1 aromatic heterocycles. The molecule has 2 aliphatic rings. The minimum absolute atomic E-state index is 0.113. The summed E-state index contributed by atoms with van der Waals surface area (Å²) in [4.78, 5) is 18.7. The van der Waals surface area contributed by atoms with Gasteiger partial charge >= 0.3 is 0 Å². The monoisotopic (exact) mass is 362 g/mol. The molecule has 4 rings (SSSR count). The van der Waals surface area contributed by atoms with E-state index in [-0.39, 0.29) is 17.6 Å². The third-order valence-electron chi connectivity index (χ3n) is 5.70. The lowest BCUT2D eigenvalue weighted by molar-refractivity contribution is 0.611. The molecule has 0 spiro atoms. The highest BCUT2D eigenvalue weighted by molar-refractivity contribution is 5.52. The fourth-order valence-corrected chi connectivity index (χ4v) is 4.05. The van der Waals surface area contributed by atoms with Crippen molar-refractivity contribution in [1.82, 2.24) is 9.55 Å². The Bertz CT molecular complexity index is 974. The van der Waals surface area contributed by atoms with Gasteiger partial charge in [0.05, 0.1) is 12.1 Å². The van der Waals surface area contributed by atoms with Gasteiger partial charge in [-0.05, 0) is 25.3 Å². The summed E-state index contributed by atoms with van der Waals surface area (Å²) in [6.07, 6.45) is 4.52. The number of aromatic nitrogens is 2. The number of anilines is 2. The van der Waals surface area contributed by atoms with Crippen molar-refractivity contribution in [1.29, 1.82) is 0 Å². The third kappa shape index (κ3) is 3.18. The zero-order valence-electron chi connectivity index (χ0n) is 16.3. The molecule has 0 saturated carbocycles. The Hall–Kier alpha value is -2.82. The van der Waals surface area contributed by atoms with E-state index < -0.39 is 0 Å². The van der Waals surface area contributed by atoms with E-state index in [9.17, 15) is 4.79 Å². The summed E-state index contributed by atoms with van der Waals surface area (Å²) in [5, 5.41) is 3.55. The van der Waals surface area contributed by atoms with E-state index in [4.69, 9.17) is 0 Å². The summed E-state index contributed by atoms with van der Waals surface area (Å²) in [5.74, 6) is 1.88. The number of nitrogens with one attached hydrogen (secondary N) is 1. The van der Waals surface area contributed by atoms with Crippen LogP contribution in [0.5, 0.6) is 0 Å².